The summed E-state index contributed by atoms with van der Waals surface area (Å²) in [6.07, 6.45) is 0.838. The zero-order valence-electron chi connectivity index (χ0n) is 25.3. The van der Waals surface area contributed by atoms with Crippen molar-refractivity contribution in [3.63, 3.8) is 0 Å². The van der Waals surface area contributed by atoms with Crippen LogP contribution in [0.2, 0.25) is 0 Å². The van der Waals surface area contributed by atoms with Crippen LogP contribution < -0.4 is 16.0 Å². The first-order chi connectivity index (χ1) is 21.3. The maximum absolute atomic E-state index is 15.3. The molecule has 3 N–H and O–H groups in total. The molecule has 0 unspecified atom stereocenters. The molecule has 240 valence electrons. The van der Waals surface area contributed by atoms with E-state index >= 15 is 4.39 Å². The predicted molar refractivity (Wildman–Crippen MR) is 160 cm³/mol. The fraction of sp³-hybridized carbons (Fsp3) is 0.455. The van der Waals surface area contributed by atoms with Gasteiger partial charge in [-0.3, -0.25) is 19.1 Å². The lowest BCUT2D eigenvalue weighted by Gasteiger charge is -2.28. The Balaban J connectivity index is 1.28. The van der Waals surface area contributed by atoms with Gasteiger partial charge in [-0.25, -0.2) is 4.39 Å². The number of amides is 3. The fourth-order valence-corrected chi connectivity index (χ4v) is 5.90. The van der Waals surface area contributed by atoms with Crippen LogP contribution in [0.1, 0.15) is 85.6 Å². The minimum atomic E-state index is -4.56. The molecule has 3 aromatic rings. The molecule has 3 amide bonds. The van der Waals surface area contributed by atoms with Gasteiger partial charge in [0.2, 0.25) is 11.8 Å². The molecule has 2 aromatic carbocycles. The van der Waals surface area contributed by atoms with Crippen molar-refractivity contribution in [3.8, 4) is 0 Å². The highest BCUT2D eigenvalue weighted by Gasteiger charge is 2.48. The lowest BCUT2D eigenvalue weighted by molar-refractivity contribution is -0.138. The molecule has 0 spiro atoms. The summed E-state index contributed by atoms with van der Waals surface area (Å²) in [5.41, 5.74) is -0.409. The summed E-state index contributed by atoms with van der Waals surface area (Å²) in [5, 5.41) is 12.3. The van der Waals surface area contributed by atoms with Crippen molar-refractivity contribution in [2.45, 2.75) is 77.2 Å². The van der Waals surface area contributed by atoms with Gasteiger partial charge in [-0.15, -0.1) is 0 Å². The fourth-order valence-electron chi connectivity index (χ4n) is 5.90. The summed E-state index contributed by atoms with van der Waals surface area (Å²) in [6.45, 7) is 4.97. The largest absolute Gasteiger partial charge is 0.416 e. The summed E-state index contributed by atoms with van der Waals surface area (Å²) in [5.74, 6) is -2.66. The first-order valence-corrected chi connectivity index (χ1v) is 15.2. The third-order valence-corrected chi connectivity index (χ3v) is 8.60. The van der Waals surface area contributed by atoms with Crippen LogP contribution in [0.15, 0.2) is 54.7 Å². The number of halogens is 4. The first-order valence-electron chi connectivity index (χ1n) is 15.2. The van der Waals surface area contributed by atoms with E-state index in [9.17, 15) is 27.6 Å². The highest BCUT2D eigenvalue weighted by molar-refractivity contribution is 6.01. The van der Waals surface area contributed by atoms with Gasteiger partial charge in [-0.1, -0.05) is 24.3 Å². The Kier molecular flexibility index (Phi) is 9.31. The second-order valence-electron chi connectivity index (χ2n) is 12.3. The van der Waals surface area contributed by atoms with Crippen molar-refractivity contribution < 1.29 is 31.9 Å². The number of rotatable bonds is 12. The van der Waals surface area contributed by atoms with Gasteiger partial charge in [0.15, 0.2) is 0 Å². The normalized spacial score (nSPS) is 16.4. The van der Waals surface area contributed by atoms with Gasteiger partial charge in [0.25, 0.3) is 5.91 Å². The zero-order chi connectivity index (χ0) is 32.5. The van der Waals surface area contributed by atoms with Crippen LogP contribution in [0.25, 0.3) is 0 Å². The van der Waals surface area contributed by atoms with Crippen molar-refractivity contribution in [1.82, 2.24) is 20.4 Å². The molecule has 2 atom stereocenters. The smallest absolute Gasteiger partial charge is 0.351 e. The number of alkyl halides is 3. The highest BCUT2D eigenvalue weighted by atomic mass is 19.4. The molecule has 2 fully saturated rings. The third-order valence-electron chi connectivity index (χ3n) is 8.60. The minimum absolute atomic E-state index is 0.0662. The van der Waals surface area contributed by atoms with Gasteiger partial charge in [0.05, 0.1) is 17.2 Å². The average Bonchev–Trinajstić information content (AvgIpc) is 3.94. The molecular weight excluding hydrogens is 590 g/mol. The first kappa shape index (κ1) is 32.2. The standard InChI is InChI=1S/C33H37F4N5O3/c1-18(2)42-27(14-15-39-42)31(44)41-29(28(20-8-9-20)21-10-11-21)32(45)40-26-13-12-22(16-25(26)34)19(3)30(43)38-17-23-6-4-5-7-24(23)33(35,36)37/h4-7,12-16,18-21,28-29H,8-11,17H2,1-3H3,(H,38,43)(H,40,45)(H,41,44)/t19-,29-/m0/s1. The van der Waals surface area contributed by atoms with Gasteiger partial charge in [0, 0.05) is 18.8 Å². The molecule has 45 heavy (non-hydrogen) atoms. The maximum Gasteiger partial charge on any atom is 0.416 e. The van der Waals surface area contributed by atoms with Crippen LogP contribution in [0.4, 0.5) is 23.2 Å². The topological polar surface area (TPSA) is 105 Å². The van der Waals surface area contributed by atoms with Gasteiger partial charge in [0.1, 0.15) is 17.6 Å². The quantitative estimate of drug-likeness (QED) is 0.208. The third kappa shape index (κ3) is 7.54. The number of benzene rings is 2. The molecular formula is C33H37F4N5O3. The summed E-state index contributed by atoms with van der Waals surface area (Å²) in [6, 6.07) is 9.57. The molecule has 2 saturated carbocycles. The van der Waals surface area contributed by atoms with E-state index in [2.05, 4.69) is 21.0 Å². The van der Waals surface area contributed by atoms with Gasteiger partial charge in [-0.2, -0.15) is 18.3 Å². The average molecular weight is 628 g/mol. The number of hydrogen-bond donors (Lipinski definition) is 3. The number of nitrogens with zero attached hydrogens (tertiary/aromatic N) is 2. The molecule has 1 aromatic heterocycles. The summed E-state index contributed by atoms with van der Waals surface area (Å²) < 4.78 is 56.8. The number of carbonyl (C=O) groups is 3. The van der Waals surface area contributed by atoms with Crippen LogP contribution in [0.3, 0.4) is 0 Å². The van der Waals surface area contributed by atoms with Crippen molar-refractivity contribution in [3.05, 3.63) is 82.9 Å². The number of hydrogen-bond acceptors (Lipinski definition) is 4. The van der Waals surface area contributed by atoms with Crippen molar-refractivity contribution in [1.29, 1.82) is 0 Å². The molecule has 0 radical (unpaired) electrons. The van der Waals surface area contributed by atoms with Gasteiger partial charge >= 0.3 is 6.18 Å². The second-order valence-corrected chi connectivity index (χ2v) is 12.3. The van der Waals surface area contributed by atoms with Crippen LogP contribution in [0.5, 0.6) is 0 Å². The Morgan fingerprint density at radius 3 is 2.22 bits per heavy atom. The molecule has 8 nitrogen and oxygen atoms in total. The molecule has 2 aliphatic rings. The molecule has 1 heterocycles. The van der Waals surface area contributed by atoms with Crippen LogP contribution in [-0.4, -0.2) is 33.5 Å². The Labute approximate surface area is 259 Å². The molecule has 12 heteroatoms. The number of nitrogens with one attached hydrogen (secondary N) is 3. The Hall–Kier alpha value is -4.22. The van der Waals surface area contributed by atoms with Crippen molar-refractivity contribution >= 4 is 23.4 Å². The van der Waals surface area contributed by atoms with E-state index in [1.807, 2.05) is 13.8 Å². The second kappa shape index (κ2) is 13.0. The van der Waals surface area contributed by atoms with Crippen molar-refractivity contribution in [2.24, 2.45) is 17.8 Å². The maximum atomic E-state index is 15.3. The molecule has 2 aliphatic carbocycles. The summed E-state index contributed by atoms with van der Waals surface area (Å²) in [7, 11) is 0. The summed E-state index contributed by atoms with van der Waals surface area (Å²) in [4.78, 5) is 39.8. The van der Waals surface area contributed by atoms with E-state index < -0.39 is 47.2 Å². The van der Waals surface area contributed by atoms with Crippen LogP contribution in [0, 0.1) is 23.6 Å². The minimum Gasteiger partial charge on any atom is -0.351 e. The van der Waals surface area contributed by atoms with Crippen LogP contribution >= 0.6 is 0 Å². The SMILES string of the molecule is CC(C)n1nccc1C(=O)N[C@H](C(=O)Nc1ccc([C@H](C)C(=O)NCc2ccccc2C(F)(F)F)cc1F)C(C1CC1)C1CC1. The van der Waals surface area contributed by atoms with E-state index in [0.717, 1.165) is 37.8 Å². The number of carbonyl (C=O) groups excluding carboxylic acids is 3. The van der Waals surface area contributed by atoms with E-state index in [1.54, 1.807) is 10.7 Å². The van der Waals surface area contributed by atoms with Crippen LogP contribution in [-0.2, 0) is 22.3 Å². The van der Waals surface area contributed by atoms with E-state index in [4.69, 9.17) is 0 Å². The Bertz CT molecular complexity index is 1550. The molecule has 0 aliphatic heterocycles. The van der Waals surface area contributed by atoms with E-state index in [-0.39, 0.29) is 35.3 Å². The summed E-state index contributed by atoms with van der Waals surface area (Å²) >= 11 is 0. The highest BCUT2D eigenvalue weighted by Crippen LogP contribution is 2.51. The lowest BCUT2D eigenvalue weighted by atomic mass is 9.88. The van der Waals surface area contributed by atoms with E-state index in [1.165, 1.54) is 43.5 Å². The number of anilines is 1. The monoisotopic (exact) mass is 627 g/mol. The Morgan fingerprint density at radius 2 is 1.62 bits per heavy atom. The van der Waals surface area contributed by atoms with Gasteiger partial charge < -0.3 is 16.0 Å². The van der Waals surface area contributed by atoms with Gasteiger partial charge in [-0.05, 0) is 99.6 Å². The van der Waals surface area contributed by atoms with E-state index in [0.29, 0.717) is 17.5 Å². The molecule has 0 saturated heterocycles. The Morgan fingerprint density at radius 1 is 0.956 bits per heavy atom. The van der Waals surface area contributed by atoms with Crippen molar-refractivity contribution in [2.75, 3.05) is 5.32 Å². The number of aromatic nitrogens is 2. The lowest BCUT2D eigenvalue weighted by Crippen LogP contribution is -2.50. The predicted octanol–water partition coefficient (Wildman–Crippen LogP) is 6.22. The molecule has 0 bridgehead atoms. The zero-order valence-corrected chi connectivity index (χ0v) is 25.3. The molecule has 5 rings (SSSR count).